The molecular formula is C10H14NO6P. The Hall–Kier alpha value is -1.40. The maximum atomic E-state index is 11.5. The summed E-state index contributed by atoms with van der Waals surface area (Å²) in [7, 11) is -3.51. The fourth-order valence-corrected chi connectivity index (χ4v) is 1.74. The van der Waals surface area contributed by atoms with Gasteiger partial charge in [-0.15, -0.1) is 0 Å². The molecule has 0 radical (unpaired) electrons. The van der Waals surface area contributed by atoms with Crippen molar-refractivity contribution in [1.82, 2.24) is 0 Å². The van der Waals surface area contributed by atoms with Gasteiger partial charge >= 0.3 is 13.8 Å². The van der Waals surface area contributed by atoms with Gasteiger partial charge in [-0.1, -0.05) is 18.2 Å². The van der Waals surface area contributed by atoms with E-state index in [1.165, 1.54) is 19.1 Å². The highest BCUT2D eigenvalue weighted by Gasteiger charge is 2.29. The summed E-state index contributed by atoms with van der Waals surface area (Å²) in [6, 6.07) is 7.64. The number of carbonyl (C=O) groups excluding carboxylic acids is 1. The molecule has 0 aliphatic rings. The zero-order chi connectivity index (χ0) is 13.8. The number of anilines is 1. The predicted octanol–water partition coefficient (Wildman–Crippen LogP) is 1.08. The lowest BCUT2D eigenvalue weighted by atomic mass is 10.2. The van der Waals surface area contributed by atoms with Crippen LogP contribution in [0.1, 0.15) is 6.92 Å². The SMILES string of the molecule is CON(c1ccccc1)[C@@H](C)C(=O)OP(=O)(O)O. The van der Waals surface area contributed by atoms with E-state index in [9.17, 15) is 9.36 Å². The second-order valence-corrected chi connectivity index (χ2v) is 4.58. The van der Waals surface area contributed by atoms with Crippen molar-refractivity contribution in [1.29, 1.82) is 0 Å². The number of phosphoric ester groups is 1. The van der Waals surface area contributed by atoms with Gasteiger partial charge in [0.05, 0.1) is 12.8 Å². The van der Waals surface area contributed by atoms with Gasteiger partial charge in [0, 0.05) is 0 Å². The van der Waals surface area contributed by atoms with Crippen LogP contribution in [0.25, 0.3) is 0 Å². The Morgan fingerprint density at radius 1 is 1.33 bits per heavy atom. The van der Waals surface area contributed by atoms with E-state index in [0.717, 1.165) is 0 Å². The molecule has 0 aliphatic heterocycles. The summed E-state index contributed by atoms with van der Waals surface area (Å²) in [4.78, 5) is 33.7. The molecule has 0 aliphatic carbocycles. The number of rotatable bonds is 5. The molecule has 2 N–H and O–H groups in total. The number of carbonyl (C=O) groups is 1. The van der Waals surface area contributed by atoms with Gasteiger partial charge in [0.1, 0.15) is 0 Å². The van der Waals surface area contributed by atoms with Crippen LogP contribution in [0.15, 0.2) is 30.3 Å². The van der Waals surface area contributed by atoms with E-state index in [4.69, 9.17) is 14.6 Å². The molecule has 0 aromatic heterocycles. The van der Waals surface area contributed by atoms with Crippen LogP contribution in [-0.4, -0.2) is 28.9 Å². The van der Waals surface area contributed by atoms with Crippen molar-refractivity contribution in [2.24, 2.45) is 0 Å². The monoisotopic (exact) mass is 275 g/mol. The molecule has 0 fully saturated rings. The maximum absolute atomic E-state index is 11.5. The average Bonchev–Trinajstić information content (AvgIpc) is 2.29. The Labute approximate surface area is 104 Å². The van der Waals surface area contributed by atoms with E-state index in [-0.39, 0.29) is 0 Å². The van der Waals surface area contributed by atoms with Gasteiger partial charge in [-0.25, -0.2) is 14.4 Å². The van der Waals surface area contributed by atoms with Crippen LogP contribution in [0.3, 0.4) is 0 Å². The molecule has 0 saturated heterocycles. The Morgan fingerprint density at radius 3 is 2.33 bits per heavy atom. The lowest BCUT2D eigenvalue weighted by Crippen LogP contribution is -2.39. The summed E-state index contributed by atoms with van der Waals surface area (Å²) in [5.41, 5.74) is 0.565. The Morgan fingerprint density at radius 2 is 1.89 bits per heavy atom. The number of benzene rings is 1. The number of nitrogens with zero attached hydrogens (tertiary/aromatic N) is 1. The summed E-state index contributed by atoms with van der Waals surface area (Å²) in [5.74, 6) is -1.07. The lowest BCUT2D eigenvalue weighted by Gasteiger charge is -2.26. The number of hydrogen-bond acceptors (Lipinski definition) is 5. The first-order valence-corrected chi connectivity index (χ1v) is 6.55. The van der Waals surface area contributed by atoms with E-state index in [1.54, 1.807) is 30.3 Å². The molecule has 0 spiro atoms. The zero-order valence-electron chi connectivity index (χ0n) is 9.89. The summed E-state index contributed by atoms with van der Waals surface area (Å²) in [6.45, 7) is 1.41. The number of phosphoric acid groups is 1. The second-order valence-electron chi connectivity index (χ2n) is 3.42. The van der Waals surface area contributed by atoms with Gasteiger partial charge in [-0.3, -0.25) is 14.6 Å². The molecule has 0 saturated carbocycles. The maximum Gasteiger partial charge on any atom is 0.527 e. The minimum absolute atomic E-state index is 0.565. The molecule has 8 heteroatoms. The first-order chi connectivity index (χ1) is 8.35. The van der Waals surface area contributed by atoms with Crippen molar-refractivity contribution in [2.45, 2.75) is 13.0 Å². The first-order valence-electron chi connectivity index (χ1n) is 5.02. The molecule has 0 unspecified atom stereocenters. The van der Waals surface area contributed by atoms with Crippen molar-refractivity contribution in [3.05, 3.63) is 30.3 Å². The summed E-state index contributed by atoms with van der Waals surface area (Å²) in [6.07, 6.45) is 0. The second kappa shape index (κ2) is 5.97. The highest BCUT2D eigenvalue weighted by molar-refractivity contribution is 7.46. The zero-order valence-corrected chi connectivity index (χ0v) is 10.8. The Bertz CT molecular complexity index is 445. The van der Waals surface area contributed by atoms with Crippen LogP contribution in [-0.2, 0) is 18.7 Å². The highest BCUT2D eigenvalue weighted by Crippen LogP contribution is 2.36. The molecule has 1 atom stereocenters. The lowest BCUT2D eigenvalue weighted by molar-refractivity contribution is -0.138. The summed E-state index contributed by atoms with van der Waals surface area (Å²) >= 11 is 0. The van der Waals surface area contributed by atoms with E-state index < -0.39 is 19.8 Å². The van der Waals surface area contributed by atoms with Crippen molar-refractivity contribution < 1.29 is 28.5 Å². The summed E-state index contributed by atoms with van der Waals surface area (Å²) in [5, 5.41) is 1.19. The van der Waals surface area contributed by atoms with Gasteiger partial charge in [0.25, 0.3) is 0 Å². The third-order valence-corrected chi connectivity index (χ3v) is 2.53. The molecule has 0 bridgehead atoms. The molecule has 1 aromatic carbocycles. The Balaban J connectivity index is 2.83. The van der Waals surface area contributed by atoms with E-state index in [2.05, 4.69) is 4.52 Å². The smallest absolute Gasteiger partial charge is 0.369 e. The fraction of sp³-hybridized carbons (Fsp3) is 0.300. The fourth-order valence-electron chi connectivity index (χ4n) is 1.35. The van der Waals surface area contributed by atoms with Crippen LogP contribution >= 0.6 is 7.82 Å². The largest absolute Gasteiger partial charge is 0.527 e. The predicted molar refractivity (Wildman–Crippen MR) is 63.5 cm³/mol. The van der Waals surface area contributed by atoms with Crippen LogP contribution < -0.4 is 5.06 Å². The van der Waals surface area contributed by atoms with E-state index >= 15 is 0 Å². The highest BCUT2D eigenvalue weighted by atomic mass is 31.2. The first kappa shape index (κ1) is 14.7. The number of hydroxylamine groups is 1. The van der Waals surface area contributed by atoms with Crippen molar-refractivity contribution in [3.63, 3.8) is 0 Å². The minimum atomic E-state index is -4.85. The quantitative estimate of drug-likeness (QED) is 0.613. The van der Waals surface area contributed by atoms with E-state index in [0.29, 0.717) is 5.69 Å². The molecule has 1 rings (SSSR count). The molecule has 0 amide bonds. The minimum Gasteiger partial charge on any atom is -0.369 e. The number of para-hydroxylation sites is 1. The van der Waals surface area contributed by atoms with Crippen LogP contribution in [0.2, 0.25) is 0 Å². The summed E-state index contributed by atoms with van der Waals surface area (Å²) < 4.78 is 14.6. The van der Waals surface area contributed by atoms with Crippen LogP contribution in [0, 0.1) is 0 Å². The third kappa shape index (κ3) is 4.12. The molecule has 1 aromatic rings. The molecule has 7 nitrogen and oxygen atoms in total. The third-order valence-electron chi connectivity index (χ3n) is 2.11. The van der Waals surface area contributed by atoms with Gasteiger partial charge in [0.2, 0.25) is 0 Å². The standard InChI is InChI=1S/C10H14NO6P/c1-8(10(12)17-18(13,14)15)11(16-2)9-6-4-3-5-7-9/h3-8H,1-2H3,(H2,13,14,15)/t8-/m0/s1. The Kier molecular flexibility index (Phi) is 4.86. The van der Waals surface area contributed by atoms with Gasteiger partial charge in [-0.2, -0.15) is 0 Å². The van der Waals surface area contributed by atoms with Crippen molar-refractivity contribution >= 4 is 19.5 Å². The van der Waals surface area contributed by atoms with Crippen molar-refractivity contribution in [3.8, 4) is 0 Å². The van der Waals surface area contributed by atoms with Crippen molar-refractivity contribution in [2.75, 3.05) is 12.2 Å². The normalized spacial score (nSPS) is 12.9. The van der Waals surface area contributed by atoms with Crippen LogP contribution in [0.5, 0.6) is 0 Å². The van der Waals surface area contributed by atoms with Gasteiger partial charge < -0.3 is 4.52 Å². The van der Waals surface area contributed by atoms with Gasteiger partial charge in [-0.05, 0) is 19.1 Å². The average molecular weight is 275 g/mol. The molecular weight excluding hydrogens is 261 g/mol. The van der Waals surface area contributed by atoms with E-state index in [1.807, 2.05) is 0 Å². The van der Waals surface area contributed by atoms with Gasteiger partial charge in [0.15, 0.2) is 6.04 Å². The van der Waals surface area contributed by atoms with Crippen LogP contribution in [0.4, 0.5) is 5.69 Å². The molecule has 0 heterocycles. The molecule has 100 valence electrons. The number of hydrogen-bond donors (Lipinski definition) is 2. The topological polar surface area (TPSA) is 96.3 Å². The molecule has 18 heavy (non-hydrogen) atoms.